The number of carbonyl (C=O) groups excluding carboxylic acids is 2. The summed E-state index contributed by atoms with van der Waals surface area (Å²) in [5.74, 6) is 1.73. The molecule has 8 nitrogen and oxygen atoms in total. The van der Waals surface area contributed by atoms with Gasteiger partial charge >= 0.3 is 0 Å². The van der Waals surface area contributed by atoms with Gasteiger partial charge in [-0.25, -0.2) is 0 Å². The Labute approximate surface area is 175 Å². The van der Waals surface area contributed by atoms with Crippen molar-refractivity contribution in [2.24, 2.45) is 0 Å². The Morgan fingerprint density at radius 3 is 2.07 bits per heavy atom. The third kappa shape index (κ3) is 3.98. The number of carbonyl (C=O) groups is 2. The molecule has 1 unspecified atom stereocenters. The highest BCUT2D eigenvalue weighted by molar-refractivity contribution is 6.03. The minimum atomic E-state index is -0.628. The second-order valence-electron chi connectivity index (χ2n) is 6.81. The summed E-state index contributed by atoms with van der Waals surface area (Å²) in [6.45, 7) is 2.48. The Bertz CT molecular complexity index is 923. The molecule has 0 saturated carbocycles. The van der Waals surface area contributed by atoms with Crippen molar-refractivity contribution < 1.29 is 28.5 Å². The van der Waals surface area contributed by atoms with E-state index in [1.54, 1.807) is 67.3 Å². The molecule has 1 heterocycles. The molecule has 2 amide bonds. The van der Waals surface area contributed by atoms with E-state index < -0.39 is 6.04 Å². The molecule has 0 N–H and O–H groups in total. The van der Waals surface area contributed by atoms with Crippen LogP contribution >= 0.6 is 0 Å². The van der Waals surface area contributed by atoms with E-state index in [1.165, 1.54) is 14.2 Å². The maximum absolute atomic E-state index is 13.1. The van der Waals surface area contributed by atoms with Gasteiger partial charge in [0.25, 0.3) is 5.91 Å². The van der Waals surface area contributed by atoms with Crippen molar-refractivity contribution in [3.63, 3.8) is 0 Å². The zero-order valence-electron chi connectivity index (χ0n) is 17.8. The zero-order chi connectivity index (χ0) is 21.8. The van der Waals surface area contributed by atoms with Crippen LogP contribution in [0.25, 0.3) is 0 Å². The Morgan fingerprint density at radius 2 is 1.50 bits per heavy atom. The number of ether oxygens (including phenoxy) is 4. The maximum Gasteiger partial charge on any atom is 0.254 e. The normalized spacial score (nSPS) is 16.3. The fourth-order valence-corrected chi connectivity index (χ4v) is 3.49. The van der Waals surface area contributed by atoms with Crippen LogP contribution in [0.1, 0.15) is 17.3 Å². The second-order valence-corrected chi connectivity index (χ2v) is 6.81. The first-order valence-electron chi connectivity index (χ1n) is 9.51. The number of hydrogen-bond acceptors (Lipinski definition) is 6. The molecule has 2 aromatic rings. The molecule has 0 aliphatic carbocycles. The lowest BCUT2D eigenvalue weighted by Gasteiger charge is -2.39. The summed E-state index contributed by atoms with van der Waals surface area (Å²) in [6, 6.07) is 9.67. The molecule has 0 bridgehead atoms. The van der Waals surface area contributed by atoms with Gasteiger partial charge in [-0.05, 0) is 31.2 Å². The number of anilines is 1. The quantitative estimate of drug-likeness (QED) is 0.723. The van der Waals surface area contributed by atoms with Crippen LogP contribution in [0.3, 0.4) is 0 Å². The van der Waals surface area contributed by atoms with Crippen LogP contribution in [0.15, 0.2) is 36.4 Å². The van der Waals surface area contributed by atoms with Crippen LogP contribution in [-0.2, 0) is 4.79 Å². The summed E-state index contributed by atoms with van der Waals surface area (Å²) in [5, 5.41) is 0. The van der Waals surface area contributed by atoms with E-state index in [2.05, 4.69) is 0 Å². The molecule has 1 aliphatic heterocycles. The van der Waals surface area contributed by atoms with Crippen molar-refractivity contribution in [2.45, 2.75) is 13.0 Å². The number of methoxy groups -OCH3 is 4. The Balaban J connectivity index is 1.83. The van der Waals surface area contributed by atoms with Gasteiger partial charge in [-0.3, -0.25) is 9.59 Å². The number of rotatable bonds is 6. The number of nitrogens with zero attached hydrogens (tertiary/aromatic N) is 2. The van der Waals surface area contributed by atoms with Crippen LogP contribution in [0, 0.1) is 0 Å². The predicted octanol–water partition coefficient (Wildman–Crippen LogP) is 2.60. The number of piperazine rings is 1. The molecule has 0 radical (unpaired) electrons. The summed E-state index contributed by atoms with van der Waals surface area (Å²) in [5.41, 5.74) is 1.10. The molecule has 0 spiro atoms. The molecule has 1 atom stereocenters. The molecule has 1 fully saturated rings. The largest absolute Gasteiger partial charge is 0.497 e. The first kappa shape index (κ1) is 21.3. The van der Waals surface area contributed by atoms with E-state index in [0.717, 1.165) is 0 Å². The first-order valence-corrected chi connectivity index (χ1v) is 9.51. The molecule has 3 rings (SSSR count). The number of amides is 2. The van der Waals surface area contributed by atoms with Crippen molar-refractivity contribution in [3.8, 4) is 23.0 Å². The van der Waals surface area contributed by atoms with Gasteiger partial charge in [-0.1, -0.05) is 0 Å². The third-order valence-electron chi connectivity index (χ3n) is 5.19. The molecular formula is C22H26N2O6. The van der Waals surface area contributed by atoms with Crippen molar-refractivity contribution in [1.82, 2.24) is 4.90 Å². The van der Waals surface area contributed by atoms with Crippen LogP contribution in [0.4, 0.5) is 5.69 Å². The van der Waals surface area contributed by atoms with Gasteiger partial charge in [0, 0.05) is 36.5 Å². The zero-order valence-corrected chi connectivity index (χ0v) is 17.8. The van der Waals surface area contributed by atoms with Crippen LogP contribution in [0.5, 0.6) is 23.0 Å². The average Bonchev–Trinajstić information content (AvgIpc) is 2.79. The van der Waals surface area contributed by atoms with Crippen molar-refractivity contribution in [2.75, 3.05) is 46.4 Å². The Kier molecular flexibility index (Phi) is 6.34. The fourth-order valence-electron chi connectivity index (χ4n) is 3.49. The van der Waals surface area contributed by atoms with E-state index in [9.17, 15) is 9.59 Å². The smallest absolute Gasteiger partial charge is 0.254 e. The second kappa shape index (κ2) is 8.94. The van der Waals surface area contributed by atoms with Crippen molar-refractivity contribution in [1.29, 1.82) is 0 Å². The van der Waals surface area contributed by atoms with E-state index in [-0.39, 0.29) is 11.8 Å². The van der Waals surface area contributed by atoms with Crippen molar-refractivity contribution in [3.05, 3.63) is 42.0 Å². The SMILES string of the molecule is COc1cc(OC)cc(C(=O)N2CCN(c3ccc(OC)c(OC)c3)C(=O)C2C)c1. The van der Waals surface area contributed by atoms with E-state index in [0.29, 0.717) is 47.3 Å². The standard InChI is InChI=1S/C22H26N2O6/c1-14-21(25)24(16-6-7-19(29-4)20(12-16)30-5)9-8-23(14)22(26)15-10-17(27-2)13-18(11-15)28-3/h6-7,10-14H,8-9H2,1-5H3. The third-order valence-corrected chi connectivity index (χ3v) is 5.19. The molecule has 30 heavy (non-hydrogen) atoms. The Hall–Kier alpha value is -3.42. The Morgan fingerprint density at radius 1 is 0.867 bits per heavy atom. The lowest BCUT2D eigenvalue weighted by molar-refractivity contribution is -0.124. The molecule has 160 valence electrons. The summed E-state index contributed by atoms with van der Waals surface area (Å²) in [7, 11) is 6.15. The highest BCUT2D eigenvalue weighted by Crippen LogP contribution is 2.33. The van der Waals surface area contributed by atoms with Gasteiger partial charge in [-0.15, -0.1) is 0 Å². The molecule has 1 saturated heterocycles. The van der Waals surface area contributed by atoms with Crippen LogP contribution < -0.4 is 23.8 Å². The molecule has 8 heteroatoms. The minimum Gasteiger partial charge on any atom is -0.497 e. The van der Waals surface area contributed by atoms with Gasteiger partial charge in [-0.2, -0.15) is 0 Å². The van der Waals surface area contributed by atoms with E-state index >= 15 is 0 Å². The van der Waals surface area contributed by atoms with E-state index in [1.807, 2.05) is 0 Å². The van der Waals surface area contributed by atoms with Crippen molar-refractivity contribution >= 4 is 17.5 Å². The van der Waals surface area contributed by atoms with Gasteiger partial charge in [0.1, 0.15) is 17.5 Å². The lowest BCUT2D eigenvalue weighted by atomic mass is 10.1. The van der Waals surface area contributed by atoms with Crippen LogP contribution in [0.2, 0.25) is 0 Å². The first-order chi connectivity index (χ1) is 14.4. The monoisotopic (exact) mass is 414 g/mol. The highest BCUT2D eigenvalue weighted by Gasteiger charge is 2.36. The average molecular weight is 414 g/mol. The molecular weight excluding hydrogens is 388 g/mol. The highest BCUT2D eigenvalue weighted by atomic mass is 16.5. The van der Waals surface area contributed by atoms with Gasteiger partial charge in [0.2, 0.25) is 5.91 Å². The number of hydrogen-bond donors (Lipinski definition) is 0. The lowest BCUT2D eigenvalue weighted by Crippen LogP contribution is -2.57. The topological polar surface area (TPSA) is 77.5 Å². The maximum atomic E-state index is 13.1. The van der Waals surface area contributed by atoms with E-state index in [4.69, 9.17) is 18.9 Å². The van der Waals surface area contributed by atoms with Gasteiger partial charge in [0.15, 0.2) is 11.5 Å². The molecule has 1 aliphatic rings. The summed E-state index contributed by atoms with van der Waals surface area (Å²) < 4.78 is 21.1. The predicted molar refractivity (Wildman–Crippen MR) is 112 cm³/mol. The summed E-state index contributed by atoms with van der Waals surface area (Å²) in [4.78, 5) is 29.4. The molecule has 0 aromatic heterocycles. The fraction of sp³-hybridized carbons (Fsp3) is 0.364. The summed E-state index contributed by atoms with van der Waals surface area (Å²) >= 11 is 0. The molecule has 2 aromatic carbocycles. The van der Waals surface area contributed by atoms with Crippen LogP contribution in [-0.4, -0.2) is 64.3 Å². The summed E-state index contributed by atoms with van der Waals surface area (Å²) in [6.07, 6.45) is 0. The number of benzene rings is 2. The van der Waals surface area contributed by atoms with Gasteiger partial charge < -0.3 is 28.7 Å². The van der Waals surface area contributed by atoms with Gasteiger partial charge in [0.05, 0.1) is 28.4 Å². The minimum absolute atomic E-state index is 0.170.